The Bertz CT molecular complexity index is 433. The molecule has 2 rings (SSSR count). The van der Waals surface area contributed by atoms with Gasteiger partial charge in [-0.3, -0.25) is 0 Å². The van der Waals surface area contributed by atoms with E-state index < -0.39 is 0 Å². The van der Waals surface area contributed by atoms with Crippen molar-refractivity contribution in [3.05, 3.63) is 35.5 Å². The second kappa shape index (κ2) is 8.18. The lowest BCUT2D eigenvalue weighted by atomic mass is 9.70. The van der Waals surface area contributed by atoms with Gasteiger partial charge in [-0.1, -0.05) is 48.8 Å². The minimum atomic E-state index is 0.519. The number of hydrogen-bond donors (Lipinski definition) is 0. The lowest BCUT2D eigenvalue weighted by molar-refractivity contribution is 0.203. The van der Waals surface area contributed by atoms with E-state index >= 15 is 0 Å². The van der Waals surface area contributed by atoms with E-state index in [4.69, 9.17) is 0 Å². The molecule has 2 aliphatic rings. The average Bonchev–Trinajstić information content (AvgIpc) is 2.79. The van der Waals surface area contributed by atoms with E-state index in [-0.39, 0.29) is 0 Å². The first-order valence-electron chi connectivity index (χ1n) is 9.47. The topological polar surface area (TPSA) is 0 Å². The summed E-state index contributed by atoms with van der Waals surface area (Å²) < 4.78 is 0. The first-order valence-corrected chi connectivity index (χ1v) is 9.47. The minimum Gasteiger partial charge on any atom is -0.0882 e. The van der Waals surface area contributed by atoms with Crippen LogP contribution < -0.4 is 0 Å². The van der Waals surface area contributed by atoms with Gasteiger partial charge >= 0.3 is 0 Å². The monoisotopic (exact) mass is 300 g/mol. The van der Waals surface area contributed by atoms with Gasteiger partial charge in [0.25, 0.3) is 0 Å². The molecule has 0 N–H and O–H groups in total. The average molecular weight is 301 g/mol. The van der Waals surface area contributed by atoms with Crippen LogP contribution in [0.1, 0.15) is 85.5 Å². The van der Waals surface area contributed by atoms with Crippen molar-refractivity contribution in [2.24, 2.45) is 17.3 Å². The summed E-state index contributed by atoms with van der Waals surface area (Å²) in [7, 11) is 0. The van der Waals surface area contributed by atoms with Crippen LogP contribution in [-0.2, 0) is 0 Å². The lowest BCUT2D eigenvalue weighted by Crippen LogP contribution is -2.24. The third-order valence-electron chi connectivity index (χ3n) is 5.87. The number of rotatable bonds is 4. The van der Waals surface area contributed by atoms with Crippen molar-refractivity contribution in [2.75, 3.05) is 0 Å². The predicted octanol–water partition coefficient (Wildman–Crippen LogP) is 7.23. The van der Waals surface area contributed by atoms with Gasteiger partial charge in [-0.25, -0.2) is 0 Å². The highest BCUT2D eigenvalue weighted by atomic mass is 14.4. The Kier molecular flexibility index (Phi) is 6.53. The highest BCUT2D eigenvalue weighted by molar-refractivity contribution is 5.13. The molecule has 0 heterocycles. The molecule has 0 saturated heterocycles. The molecule has 0 aliphatic heterocycles. The summed E-state index contributed by atoms with van der Waals surface area (Å²) in [4.78, 5) is 0. The summed E-state index contributed by atoms with van der Waals surface area (Å²) in [6.07, 6.45) is 22.1. The molecule has 124 valence electrons. The Labute approximate surface area is 138 Å². The molecule has 0 aromatic carbocycles. The molecule has 22 heavy (non-hydrogen) atoms. The molecule has 3 atom stereocenters. The van der Waals surface area contributed by atoms with E-state index in [0.717, 1.165) is 11.8 Å². The summed E-state index contributed by atoms with van der Waals surface area (Å²) in [5, 5.41) is 0. The van der Waals surface area contributed by atoms with Crippen LogP contribution in [0.15, 0.2) is 35.5 Å². The van der Waals surface area contributed by atoms with Crippen molar-refractivity contribution >= 4 is 0 Å². The maximum Gasteiger partial charge on any atom is -0.0138 e. The van der Waals surface area contributed by atoms with E-state index in [0.29, 0.717) is 5.41 Å². The van der Waals surface area contributed by atoms with Crippen LogP contribution in [0.25, 0.3) is 0 Å². The minimum absolute atomic E-state index is 0.519. The van der Waals surface area contributed by atoms with Gasteiger partial charge in [0.2, 0.25) is 0 Å². The molecule has 0 radical (unpaired) electrons. The van der Waals surface area contributed by atoms with Crippen LogP contribution >= 0.6 is 0 Å². The molecule has 3 unspecified atom stereocenters. The smallest absolute Gasteiger partial charge is 0.0138 e. The summed E-state index contributed by atoms with van der Waals surface area (Å²) in [5.74, 6) is 1.58. The Balaban J connectivity index is 2.08. The summed E-state index contributed by atoms with van der Waals surface area (Å²) in [6.45, 7) is 9.39. The van der Waals surface area contributed by atoms with E-state index in [9.17, 15) is 0 Å². The Morgan fingerprint density at radius 3 is 2.86 bits per heavy atom. The van der Waals surface area contributed by atoms with Crippen LogP contribution in [0.3, 0.4) is 0 Å². The molecule has 0 amide bonds. The maximum absolute atomic E-state index is 2.55. The predicted molar refractivity (Wildman–Crippen MR) is 99.0 cm³/mol. The third kappa shape index (κ3) is 5.14. The molecule has 0 saturated carbocycles. The van der Waals surface area contributed by atoms with Crippen LogP contribution in [-0.4, -0.2) is 0 Å². The standard InChI is InChI=1S/C22H36/c1-18(2)11-9-15-22(4)16-10-12-19(3)21(17-22)20-13-7-5-6-8-14-20/h7,11-13,20-21H,5-6,8-10,14-17H2,1-4H3. The first-order chi connectivity index (χ1) is 10.5. The molecular formula is C22H36. The molecule has 0 fully saturated rings. The highest BCUT2D eigenvalue weighted by Crippen LogP contribution is 2.45. The molecule has 0 nitrogen and oxygen atoms in total. The lowest BCUT2D eigenvalue weighted by Gasteiger charge is -2.34. The molecule has 0 heteroatoms. The number of hydrogen-bond acceptors (Lipinski definition) is 0. The largest absolute Gasteiger partial charge is 0.0882 e. The number of allylic oxidation sites excluding steroid dienone is 6. The Morgan fingerprint density at radius 2 is 2.09 bits per heavy atom. The highest BCUT2D eigenvalue weighted by Gasteiger charge is 2.33. The van der Waals surface area contributed by atoms with Crippen molar-refractivity contribution in [2.45, 2.75) is 85.5 Å². The van der Waals surface area contributed by atoms with Crippen molar-refractivity contribution in [1.29, 1.82) is 0 Å². The zero-order valence-electron chi connectivity index (χ0n) is 15.3. The summed E-state index contributed by atoms with van der Waals surface area (Å²) in [5.41, 5.74) is 3.66. The van der Waals surface area contributed by atoms with Crippen molar-refractivity contribution in [3.63, 3.8) is 0 Å². The van der Waals surface area contributed by atoms with E-state index in [1.165, 1.54) is 63.4 Å². The molecule has 0 bridgehead atoms. The molecular weight excluding hydrogens is 264 g/mol. The Morgan fingerprint density at radius 1 is 1.27 bits per heavy atom. The van der Waals surface area contributed by atoms with E-state index in [1.807, 2.05) is 0 Å². The van der Waals surface area contributed by atoms with Gasteiger partial charge in [-0.15, -0.1) is 0 Å². The van der Waals surface area contributed by atoms with Crippen LogP contribution in [0.5, 0.6) is 0 Å². The van der Waals surface area contributed by atoms with Crippen LogP contribution in [0, 0.1) is 17.3 Å². The van der Waals surface area contributed by atoms with Crippen molar-refractivity contribution < 1.29 is 0 Å². The van der Waals surface area contributed by atoms with Gasteiger partial charge in [0.15, 0.2) is 0 Å². The van der Waals surface area contributed by atoms with Gasteiger partial charge in [-0.05, 0) is 89.4 Å². The van der Waals surface area contributed by atoms with Gasteiger partial charge in [0, 0.05) is 0 Å². The fourth-order valence-corrected chi connectivity index (χ4v) is 4.36. The molecule has 2 aliphatic carbocycles. The molecule has 0 spiro atoms. The second-order valence-corrected chi connectivity index (χ2v) is 8.30. The van der Waals surface area contributed by atoms with Gasteiger partial charge < -0.3 is 0 Å². The fourth-order valence-electron chi connectivity index (χ4n) is 4.36. The summed E-state index contributed by atoms with van der Waals surface area (Å²) >= 11 is 0. The fraction of sp³-hybridized carbons (Fsp3) is 0.727. The zero-order valence-corrected chi connectivity index (χ0v) is 15.3. The van der Waals surface area contributed by atoms with E-state index in [1.54, 1.807) is 5.57 Å². The quantitative estimate of drug-likeness (QED) is 0.480. The maximum atomic E-state index is 2.55. The zero-order chi connectivity index (χ0) is 16.0. The second-order valence-electron chi connectivity index (χ2n) is 8.30. The van der Waals surface area contributed by atoms with Crippen LogP contribution in [0.4, 0.5) is 0 Å². The first kappa shape index (κ1) is 17.6. The van der Waals surface area contributed by atoms with Crippen molar-refractivity contribution in [3.8, 4) is 0 Å². The van der Waals surface area contributed by atoms with E-state index in [2.05, 4.69) is 52.0 Å². The van der Waals surface area contributed by atoms with Crippen LogP contribution in [0.2, 0.25) is 0 Å². The SMILES string of the molecule is CC(C)=CCCC1(C)CCC=C(C)C(C2C=CCCCC2)C1. The summed E-state index contributed by atoms with van der Waals surface area (Å²) in [6, 6.07) is 0. The Hall–Kier alpha value is -0.780. The van der Waals surface area contributed by atoms with Gasteiger partial charge in [0.1, 0.15) is 0 Å². The van der Waals surface area contributed by atoms with Gasteiger partial charge in [-0.2, -0.15) is 0 Å². The molecule has 0 aromatic heterocycles. The normalized spacial score (nSPS) is 32.8. The molecule has 0 aromatic rings. The van der Waals surface area contributed by atoms with Crippen molar-refractivity contribution in [1.82, 2.24) is 0 Å². The van der Waals surface area contributed by atoms with Gasteiger partial charge in [0.05, 0.1) is 0 Å². The third-order valence-corrected chi connectivity index (χ3v) is 5.87.